The molecule has 2 heterocycles. The molecule has 3 rings (SSSR count). The van der Waals surface area contributed by atoms with E-state index in [0.717, 1.165) is 32.1 Å². The Morgan fingerprint density at radius 2 is 2.11 bits per heavy atom. The number of fused-ring (bicyclic) bond motifs is 1. The number of aromatic nitrogens is 1. The van der Waals surface area contributed by atoms with Crippen molar-refractivity contribution in [1.29, 1.82) is 0 Å². The van der Waals surface area contributed by atoms with Crippen LogP contribution < -0.4 is 5.73 Å². The Hall–Kier alpha value is -1.78. The summed E-state index contributed by atoms with van der Waals surface area (Å²) in [7, 11) is 0. The van der Waals surface area contributed by atoms with Crippen LogP contribution in [-0.2, 0) is 6.54 Å². The van der Waals surface area contributed by atoms with Gasteiger partial charge in [-0.3, -0.25) is 0 Å². The predicted octanol–water partition coefficient (Wildman–Crippen LogP) is 3.75. The van der Waals surface area contributed by atoms with E-state index < -0.39 is 0 Å². The Bertz CT molecular complexity index is 721. The van der Waals surface area contributed by atoms with Gasteiger partial charge in [-0.2, -0.15) is 0 Å². The Morgan fingerprint density at radius 3 is 2.84 bits per heavy atom. The summed E-state index contributed by atoms with van der Waals surface area (Å²) in [6, 6.07) is 12.1. The van der Waals surface area contributed by atoms with Crippen LogP contribution >= 0.6 is 11.8 Å². The molecule has 0 aliphatic carbocycles. The second kappa shape index (κ2) is 5.07. The molecule has 0 fully saturated rings. The summed E-state index contributed by atoms with van der Waals surface area (Å²) in [6.07, 6.45) is 1.70. The van der Waals surface area contributed by atoms with E-state index in [9.17, 15) is 0 Å². The van der Waals surface area contributed by atoms with Gasteiger partial charge in [0.05, 0.1) is 16.7 Å². The normalized spacial score (nSPS) is 11.1. The molecule has 3 aromatic rings. The van der Waals surface area contributed by atoms with Crippen LogP contribution in [0.4, 0.5) is 0 Å². The molecule has 1 aromatic carbocycles. The largest absolute Gasteiger partial charge is 0.468 e. The summed E-state index contributed by atoms with van der Waals surface area (Å²) in [5, 5.41) is 2.07. The SMILES string of the molecule is Cc1occc1Sc1nc2ccccc2cc1CN. The highest BCUT2D eigenvalue weighted by atomic mass is 32.2. The number of furan rings is 1. The van der Waals surface area contributed by atoms with Gasteiger partial charge in [-0.05, 0) is 30.7 Å². The molecule has 0 atom stereocenters. The van der Waals surface area contributed by atoms with Gasteiger partial charge in [0, 0.05) is 11.9 Å². The lowest BCUT2D eigenvalue weighted by Gasteiger charge is -2.08. The number of para-hydroxylation sites is 1. The number of hydrogen-bond acceptors (Lipinski definition) is 4. The molecule has 0 spiro atoms. The van der Waals surface area contributed by atoms with Crippen LogP contribution in [0.1, 0.15) is 11.3 Å². The van der Waals surface area contributed by atoms with Crippen molar-refractivity contribution in [2.45, 2.75) is 23.4 Å². The fraction of sp³-hybridized carbons (Fsp3) is 0.133. The number of rotatable bonds is 3. The molecule has 0 amide bonds. The van der Waals surface area contributed by atoms with Gasteiger partial charge in [0.25, 0.3) is 0 Å². The molecular weight excluding hydrogens is 256 g/mol. The van der Waals surface area contributed by atoms with Gasteiger partial charge in [0.1, 0.15) is 10.8 Å². The smallest absolute Gasteiger partial charge is 0.114 e. The lowest BCUT2D eigenvalue weighted by atomic mass is 10.1. The lowest BCUT2D eigenvalue weighted by Crippen LogP contribution is -2.00. The maximum Gasteiger partial charge on any atom is 0.114 e. The third-order valence-corrected chi connectivity index (χ3v) is 4.19. The van der Waals surface area contributed by atoms with Crippen LogP contribution in [0.2, 0.25) is 0 Å². The third-order valence-electron chi connectivity index (χ3n) is 3.00. The first-order chi connectivity index (χ1) is 9.28. The lowest BCUT2D eigenvalue weighted by molar-refractivity contribution is 0.527. The van der Waals surface area contributed by atoms with E-state index >= 15 is 0 Å². The number of pyridine rings is 1. The molecule has 2 N–H and O–H groups in total. The zero-order chi connectivity index (χ0) is 13.2. The van der Waals surface area contributed by atoms with Crippen molar-refractivity contribution >= 4 is 22.7 Å². The Labute approximate surface area is 115 Å². The fourth-order valence-electron chi connectivity index (χ4n) is 1.96. The molecule has 0 aliphatic heterocycles. The molecule has 0 saturated heterocycles. The Morgan fingerprint density at radius 1 is 1.26 bits per heavy atom. The van der Waals surface area contributed by atoms with E-state index in [1.807, 2.05) is 31.2 Å². The summed E-state index contributed by atoms with van der Waals surface area (Å²) < 4.78 is 5.32. The quantitative estimate of drug-likeness (QED) is 0.787. The molecule has 0 bridgehead atoms. The van der Waals surface area contributed by atoms with E-state index in [1.54, 1.807) is 18.0 Å². The molecule has 96 valence electrons. The van der Waals surface area contributed by atoms with Gasteiger partial charge < -0.3 is 10.2 Å². The van der Waals surface area contributed by atoms with E-state index in [2.05, 4.69) is 12.1 Å². The minimum Gasteiger partial charge on any atom is -0.468 e. The van der Waals surface area contributed by atoms with E-state index in [-0.39, 0.29) is 0 Å². The monoisotopic (exact) mass is 270 g/mol. The maximum atomic E-state index is 5.83. The number of nitrogens with two attached hydrogens (primary N) is 1. The second-order valence-corrected chi connectivity index (χ2v) is 5.32. The van der Waals surface area contributed by atoms with Gasteiger partial charge in [-0.25, -0.2) is 4.98 Å². The van der Waals surface area contributed by atoms with Gasteiger partial charge in [-0.15, -0.1) is 0 Å². The molecule has 0 saturated carbocycles. The van der Waals surface area contributed by atoms with Gasteiger partial charge >= 0.3 is 0 Å². The van der Waals surface area contributed by atoms with Gasteiger partial charge in [0.2, 0.25) is 0 Å². The van der Waals surface area contributed by atoms with Crippen molar-refractivity contribution in [3.63, 3.8) is 0 Å². The number of hydrogen-bond donors (Lipinski definition) is 1. The molecule has 0 aliphatic rings. The van der Waals surface area contributed by atoms with E-state index in [1.165, 1.54) is 0 Å². The Balaban J connectivity index is 2.09. The third kappa shape index (κ3) is 2.37. The highest BCUT2D eigenvalue weighted by Crippen LogP contribution is 2.33. The average molecular weight is 270 g/mol. The molecule has 3 nitrogen and oxygen atoms in total. The predicted molar refractivity (Wildman–Crippen MR) is 77.2 cm³/mol. The number of aryl methyl sites for hydroxylation is 1. The zero-order valence-corrected chi connectivity index (χ0v) is 11.4. The van der Waals surface area contributed by atoms with Crippen LogP contribution in [0.3, 0.4) is 0 Å². The minimum absolute atomic E-state index is 0.483. The first-order valence-corrected chi connectivity index (χ1v) is 6.90. The van der Waals surface area contributed by atoms with Crippen LogP contribution in [-0.4, -0.2) is 4.98 Å². The van der Waals surface area contributed by atoms with Crippen molar-refractivity contribution in [3.8, 4) is 0 Å². The molecule has 0 unspecified atom stereocenters. The summed E-state index contributed by atoms with van der Waals surface area (Å²) in [6.45, 7) is 2.43. The van der Waals surface area contributed by atoms with Crippen molar-refractivity contribution in [1.82, 2.24) is 4.98 Å². The molecule has 2 aromatic heterocycles. The fourth-order valence-corrected chi connectivity index (χ4v) is 2.90. The topological polar surface area (TPSA) is 52.0 Å². The Kier molecular flexibility index (Phi) is 3.27. The van der Waals surface area contributed by atoms with Crippen LogP contribution in [0.5, 0.6) is 0 Å². The molecule has 0 radical (unpaired) electrons. The highest BCUT2D eigenvalue weighted by Gasteiger charge is 2.10. The van der Waals surface area contributed by atoms with Crippen molar-refractivity contribution in [3.05, 3.63) is 54.0 Å². The summed E-state index contributed by atoms with van der Waals surface area (Å²) in [5.74, 6) is 0.905. The van der Waals surface area contributed by atoms with E-state index in [4.69, 9.17) is 15.1 Å². The first-order valence-electron chi connectivity index (χ1n) is 6.08. The molecule has 19 heavy (non-hydrogen) atoms. The maximum absolute atomic E-state index is 5.83. The molecule has 4 heteroatoms. The second-order valence-electron chi connectivity index (χ2n) is 4.29. The summed E-state index contributed by atoms with van der Waals surface area (Å²) in [4.78, 5) is 5.78. The summed E-state index contributed by atoms with van der Waals surface area (Å²) >= 11 is 1.60. The van der Waals surface area contributed by atoms with Crippen LogP contribution in [0, 0.1) is 6.92 Å². The van der Waals surface area contributed by atoms with Gasteiger partial charge in [0.15, 0.2) is 0 Å². The number of benzene rings is 1. The van der Waals surface area contributed by atoms with Crippen molar-refractivity contribution < 1.29 is 4.42 Å². The van der Waals surface area contributed by atoms with Crippen LogP contribution in [0.25, 0.3) is 10.9 Å². The number of nitrogens with zero attached hydrogens (tertiary/aromatic N) is 1. The standard InChI is InChI=1S/C15H14N2OS/c1-10-14(6-7-18-10)19-15-12(9-16)8-11-4-2-3-5-13(11)17-15/h2-8H,9,16H2,1H3. The van der Waals surface area contributed by atoms with Gasteiger partial charge in [-0.1, -0.05) is 30.0 Å². The van der Waals surface area contributed by atoms with Crippen molar-refractivity contribution in [2.24, 2.45) is 5.73 Å². The molecular formula is C15H14N2OS. The zero-order valence-electron chi connectivity index (χ0n) is 10.6. The summed E-state index contributed by atoms with van der Waals surface area (Å²) in [5.41, 5.74) is 7.88. The first kappa shape index (κ1) is 12.3. The average Bonchev–Trinajstić information content (AvgIpc) is 2.83. The minimum atomic E-state index is 0.483. The highest BCUT2D eigenvalue weighted by molar-refractivity contribution is 7.99. The van der Waals surface area contributed by atoms with E-state index in [0.29, 0.717) is 6.54 Å². The van der Waals surface area contributed by atoms with Crippen molar-refractivity contribution in [2.75, 3.05) is 0 Å². The van der Waals surface area contributed by atoms with Crippen LogP contribution in [0.15, 0.2) is 57.0 Å².